The maximum Gasteiger partial charge on any atom is 0.329 e. The number of amides is 2. The number of hydrogen-bond donors (Lipinski definition) is 2. The van der Waals surface area contributed by atoms with E-state index in [1.165, 1.54) is 6.07 Å². The van der Waals surface area contributed by atoms with Crippen molar-refractivity contribution in [1.29, 1.82) is 0 Å². The monoisotopic (exact) mass is 513 g/mol. The van der Waals surface area contributed by atoms with Gasteiger partial charge in [-0.3, -0.25) is 10.1 Å². The van der Waals surface area contributed by atoms with Crippen LogP contribution < -0.4 is 19.5 Å². The minimum absolute atomic E-state index is 0.190. The second-order valence-electron chi connectivity index (χ2n) is 9.03. The van der Waals surface area contributed by atoms with E-state index >= 15 is 0 Å². The summed E-state index contributed by atoms with van der Waals surface area (Å²) in [6.07, 6.45) is 0. The van der Waals surface area contributed by atoms with Crippen LogP contribution in [-0.4, -0.2) is 32.0 Å². The molecular formula is C25H27N3O7S. The van der Waals surface area contributed by atoms with Gasteiger partial charge in [-0.1, -0.05) is 23.8 Å². The number of carbonyl (C=O) groups excluding carboxylic acids is 1. The lowest BCUT2D eigenvalue weighted by atomic mass is 10.0. The summed E-state index contributed by atoms with van der Waals surface area (Å²) in [6, 6.07) is 14.7. The van der Waals surface area contributed by atoms with Crippen LogP contribution >= 0.6 is 0 Å². The number of nitro benzene ring substituents is 1. The van der Waals surface area contributed by atoms with E-state index in [9.17, 15) is 23.3 Å². The van der Waals surface area contributed by atoms with Gasteiger partial charge in [-0.15, -0.1) is 0 Å². The van der Waals surface area contributed by atoms with Gasteiger partial charge >= 0.3 is 6.03 Å². The Labute approximate surface area is 209 Å². The van der Waals surface area contributed by atoms with Crippen molar-refractivity contribution in [2.24, 2.45) is 0 Å². The first-order valence-corrected chi connectivity index (χ1v) is 12.3. The van der Waals surface area contributed by atoms with Gasteiger partial charge in [0.15, 0.2) is 0 Å². The van der Waals surface area contributed by atoms with Crippen molar-refractivity contribution in [2.45, 2.75) is 38.1 Å². The minimum atomic E-state index is -4.53. The van der Waals surface area contributed by atoms with Crippen LogP contribution in [-0.2, 0) is 10.0 Å². The third kappa shape index (κ3) is 6.51. The van der Waals surface area contributed by atoms with Gasteiger partial charge in [0, 0.05) is 23.2 Å². The highest BCUT2D eigenvalue weighted by Gasteiger charge is 2.27. The summed E-state index contributed by atoms with van der Waals surface area (Å²) in [5, 5.41) is 13.8. The standard InChI is InChI=1S/C25H27N3O7S/c1-16-9-11-21(34-5)20(13-16)17-7-6-8-19(14-17)35-22-12-10-18(28(30)31)15-23(22)36(32,33)27-24(29)26-25(2,3)4/h6-15H,1-5H3,(H2,26,27,29). The molecule has 0 radical (unpaired) electrons. The number of sulfonamides is 1. The lowest BCUT2D eigenvalue weighted by molar-refractivity contribution is -0.385. The van der Waals surface area contributed by atoms with E-state index in [0.717, 1.165) is 28.8 Å². The van der Waals surface area contributed by atoms with Gasteiger partial charge in [0.25, 0.3) is 15.7 Å². The predicted molar refractivity (Wildman–Crippen MR) is 135 cm³/mol. The zero-order valence-electron chi connectivity index (χ0n) is 20.5. The SMILES string of the molecule is COc1ccc(C)cc1-c1cccc(Oc2ccc([N+](=O)[O-])cc2S(=O)(=O)NC(=O)NC(C)(C)C)c1. The number of ether oxygens (including phenoxy) is 2. The van der Waals surface area contributed by atoms with Crippen molar-refractivity contribution >= 4 is 21.7 Å². The number of non-ortho nitro benzene ring substituents is 1. The zero-order valence-corrected chi connectivity index (χ0v) is 21.3. The largest absolute Gasteiger partial charge is 0.496 e. The van der Waals surface area contributed by atoms with Gasteiger partial charge < -0.3 is 14.8 Å². The molecule has 0 aliphatic heterocycles. The Morgan fingerprint density at radius 2 is 1.69 bits per heavy atom. The molecule has 3 aromatic rings. The Bertz CT molecular complexity index is 1410. The number of carbonyl (C=O) groups is 1. The van der Waals surface area contributed by atoms with Crippen LogP contribution in [0.25, 0.3) is 11.1 Å². The summed E-state index contributed by atoms with van der Waals surface area (Å²) < 4.78 is 39.3. The average Bonchev–Trinajstić information content (AvgIpc) is 2.77. The first-order chi connectivity index (χ1) is 16.8. The van der Waals surface area contributed by atoms with Crippen LogP contribution in [0.5, 0.6) is 17.2 Å². The van der Waals surface area contributed by atoms with Crippen LogP contribution in [0.1, 0.15) is 26.3 Å². The Kier molecular flexibility index (Phi) is 7.54. The quantitative estimate of drug-likeness (QED) is 0.329. The maximum absolute atomic E-state index is 13.0. The molecule has 11 heteroatoms. The van der Waals surface area contributed by atoms with Crippen molar-refractivity contribution in [1.82, 2.24) is 10.0 Å². The number of rotatable bonds is 7. The van der Waals surface area contributed by atoms with Crippen LogP contribution in [0.3, 0.4) is 0 Å². The fourth-order valence-corrected chi connectivity index (χ4v) is 4.40. The predicted octanol–water partition coefficient (Wildman–Crippen LogP) is 5.16. The first kappa shape index (κ1) is 26.5. The van der Waals surface area contributed by atoms with Crippen molar-refractivity contribution in [3.8, 4) is 28.4 Å². The van der Waals surface area contributed by atoms with E-state index in [1.54, 1.807) is 46.1 Å². The molecule has 3 aromatic carbocycles. The smallest absolute Gasteiger partial charge is 0.329 e. The van der Waals surface area contributed by atoms with Gasteiger partial charge in [0.1, 0.15) is 22.1 Å². The highest BCUT2D eigenvalue weighted by molar-refractivity contribution is 7.90. The number of nitrogens with one attached hydrogen (secondary N) is 2. The molecular weight excluding hydrogens is 486 g/mol. The zero-order chi connectivity index (χ0) is 26.7. The number of aryl methyl sites for hydroxylation is 1. The molecule has 10 nitrogen and oxygen atoms in total. The van der Waals surface area contributed by atoms with Crippen molar-refractivity contribution in [2.75, 3.05) is 7.11 Å². The average molecular weight is 514 g/mol. The number of nitro groups is 1. The Morgan fingerprint density at radius 1 is 1.00 bits per heavy atom. The number of benzene rings is 3. The van der Waals surface area contributed by atoms with E-state index < -0.39 is 37.1 Å². The van der Waals surface area contributed by atoms with Gasteiger partial charge in [0.05, 0.1) is 12.0 Å². The highest BCUT2D eigenvalue weighted by atomic mass is 32.2. The Hall–Kier alpha value is -4.12. The maximum atomic E-state index is 13.0. The summed E-state index contributed by atoms with van der Waals surface area (Å²) in [7, 11) is -2.97. The van der Waals surface area contributed by atoms with E-state index in [0.29, 0.717) is 5.75 Å². The molecule has 0 aliphatic rings. The summed E-state index contributed by atoms with van der Waals surface area (Å²) in [6.45, 7) is 6.98. The number of hydrogen-bond acceptors (Lipinski definition) is 7. The number of methoxy groups -OCH3 is 1. The van der Waals surface area contributed by atoms with Crippen molar-refractivity contribution in [3.63, 3.8) is 0 Å². The third-order valence-corrected chi connectivity index (χ3v) is 6.22. The first-order valence-electron chi connectivity index (χ1n) is 10.9. The molecule has 36 heavy (non-hydrogen) atoms. The van der Waals surface area contributed by atoms with E-state index in [1.807, 2.05) is 35.9 Å². The fraction of sp³-hybridized carbons (Fsp3) is 0.240. The van der Waals surface area contributed by atoms with E-state index in [2.05, 4.69) is 5.32 Å². The second-order valence-corrected chi connectivity index (χ2v) is 10.7. The van der Waals surface area contributed by atoms with Gasteiger partial charge in [0.2, 0.25) is 0 Å². The molecule has 2 amide bonds. The molecule has 0 heterocycles. The van der Waals surface area contributed by atoms with E-state index in [-0.39, 0.29) is 11.5 Å². The van der Waals surface area contributed by atoms with Gasteiger partial charge in [-0.25, -0.2) is 17.9 Å². The normalized spacial score (nSPS) is 11.5. The summed E-state index contributed by atoms with van der Waals surface area (Å²) in [5.41, 5.74) is 1.39. The van der Waals surface area contributed by atoms with Crippen molar-refractivity contribution < 1.29 is 27.6 Å². The molecule has 0 aromatic heterocycles. The molecule has 0 unspecified atom stereocenters. The second kappa shape index (κ2) is 10.2. The van der Waals surface area contributed by atoms with Gasteiger partial charge in [-0.2, -0.15) is 0 Å². The van der Waals surface area contributed by atoms with E-state index in [4.69, 9.17) is 9.47 Å². The molecule has 2 N–H and O–H groups in total. The minimum Gasteiger partial charge on any atom is -0.496 e. The molecule has 0 spiro atoms. The number of urea groups is 1. The van der Waals surface area contributed by atoms with Crippen LogP contribution in [0, 0.1) is 17.0 Å². The van der Waals surface area contributed by atoms with Crippen LogP contribution in [0.2, 0.25) is 0 Å². The summed E-state index contributed by atoms with van der Waals surface area (Å²) in [5.74, 6) is 0.732. The third-order valence-electron chi connectivity index (χ3n) is 4.87. The molecule has 190 valence electrons. The Balaban J connectivity index is 2.02. The molecule has 0 bridgehead atoms. The summed E-state index contributed by atoms with van der Waals surface area (Å²) in [4.78, 5) is 22.3. The van der Waals surface area contributed by atoms with Gasteiger partial charge in [-0.05, 0) is 63.6 Å². The number of nitrogens with zero attached hydrogens (tertiary/aromatic N) is 1. The summed E-state index contributed by atoms with van der Waals surface area (Å²) >= 11 is 0. The Morgan fingerprint density at radius 3 is 2.33 bits per heavy atom. The molecule has 3 rings (SSSR count). The fourth-order valence-electron chi connectivity index (χ4n) is 3.35. The lowest BCUT2D eigenvalue weighted by Gasteiger charge is -2.21. The molecule has 0 atom stereocenters. The lowest BCUT2D eigenvalue weighted by Crippen LogP contribution is -2.48. The highest BCUT2D eigenvalue weighted by Crippen LogP contribution is 2.36. The van der Waals surface area contributed by atoms with Crippen LogP contribution in [0.15, 0.2) is 65.6 Å². The molecule has 0 saturated carbocycles. The topological polar surface area (TPSA) is 137 Å². The van der Waals surface area contributed by atoms with Crippen molar-refractivity contribution in [3.05, 3.63) is 76.3 Å². The molecule has 0 saturated heterocycles. The van der Waals surface area contributed by atoms with Crippen LogP contribution in [0.4, 0.5) is 10.5 Å². The molecule has 0 aliphatic carbocycles. The molecule has 0 fully saturated rings.